The van der Waals surface area contributed by atoms with Crippen LogP contribution in [0.1, 0.15) is 212 Å². The Kier molecular flexibility index (Phi) is 36.3. The zero-order valence-electron chi connectivity index (χ0n) is 27.7. The van der Waals surface area contributed by atoms with Gasteiger partial charge >= 0.3 is 6.00 Å². The quantitative estimate of drug-likeness (QED) is 0.0215. The number of carbonyl (C=O) groups excluding carboxylic acids is 1. The minimum absolute atomic E-state index is 0.665. The zero-order valence-corrected chi connectivity index (χ0v) is 31.0. The van der Waals surface area contributed by atoms with Crippen LogP contribution in [0.4, 0.5) is 0 Å². The summed E-state index contributed by atoms with van der Waals surface area (Å²) in [5.41, 5.74) is 0. The van der Waals surface area contributed by atoms with Crippen molar-refractivity contribution in [1.29, 1.82) is 0 Å². The van der Waals surface area contributed by atoms with Gasteiger partial charge in [-0.2, -0.15) is 0 Å². The molecule has 0 amide bonds. The van der Waals surface area contributed by atoms with Crippen LogP contribution in [0.15, 0.2) is 4.99 Å². The number of isocyanates is 1. The van der Waals surface area contributed by atoms with Crippen molar-refractivity contribution in [3.63, 3.8) is 0 Å². The predicted molar refractivity (Wildman–Crippen MR) is 193 cm³/mol. The third kappa shape index (κ3) is 40.5. The highest BCUT2D eigenvalue weighted by Crippen LogP contribution is 2.27. The van der Waals surface area contributed by atoms with Crippen molar-refractivity contribution in [2.24, 2.45) is 4.99 Å². The van der Waals surface area contributed by atoms with Crippen molar-refractivity contribution in [3.05, 3.63) is 0 Å². The molecule has 0 N–H and O–H groups in total. The van der Waals surface area contributed by atoms with E-state index in [4.69, 9.17) is 33.2 Å². The van der Waals surface area contributed by atoms with Crippen molar-refractivity contribution in [3.8, 4) is 0 Å². The number of aliphatic imine (C=N–C) groups is 1. The molecule has 0 heterocycles. The summed E-state index contributed by atoms with van der Waals surface area (Å²) >= 11 is 17.8. The molecule has 250 valence electrons. The normalized spacial score (nSPS) is 11.7. The van der Waals surface area contributed by atoms with Gasteiger partial charge < -0.3 is 0 Å². The second kappa shape index (κ2) is 35.9. The van der Waals surface area contributed by atoms with Crippen molar-refractivity contribution in [1.82, 2.24) is 0 Å². The van der Waals surface area contributed by atoms with Crippen molar-refractivity contribution in [2.75, 3.05) is 6.54 Å². The van der Waals surface area contributed by atoms with Gasteiger partial charge in [-0.15, -0.1) is 33.2 Å². The molecule has 2 nitrogen and oxygen atoms in total. The first-order chi connectivity index (χ1) is 20.6. The standard InChI is InChI=1S/C36H70Cl3NOSi/c37-42(38,39)35-33-31-29-27-25-23-21-19-17-15-13-11-9-7-5-3-1-2-4-6-8-10-12-14-16-18-20-22-24-26-28-30-32-34-40-36-41/h1-35H2. The molecule has 0 aliphatic heterocycles. The summed E-state index contributed by atoms with van der Waals surface area (Å²) in [4.78, 5) is 13.6. The highest BCUT2D eigenvalue weighted by atomic mass is 35.8. The summed E-state index contributed by atoms with van der Waals surface area (Å²) in [5.74, 6) is 0. The lowest BCUT2D eigenvalue weighted by atomic mass is 10.0. The van der Waals surface area contributed by atoms with Gasteiger partial charge in [-0.1, -0.05) is 205 Å². The first kappa shape index (κ1) is 42.5. The molecular weight excluding hydrogens is 597 g/mol. The van der Waals surface area contributed by atoms with Gasteiger partial charge in [-0.05, 0) is 12.5 Å². The maximum Gasteiger partial charge on any atom is 0.341 e. The van der Waals surface area contributed by atoms with Gasteiger partial charge in [0, 0.05) is 0 Å². The molecule has 0 saturated heterocycles. The number of rotatable bonds is 36. The van der Waals surface area contributed by atoms with Crippen LogP contribution < -0.4 is 0 Å². The minimum Gasteiger partial charge on any atom is -0.211 e. The Labute approximate surface area is 278 Å². The molecule has 6 heteroatoms. The highest BCUT2D eigenvalue weighted by Gasteiger charge is 2.23. The van der Waals surface area contributed by atoms with Crippen LogP contribution in [0.5, 0.6) is 0 Å². The number of hydrogen-bond donors (Lipinski definition) is 0. The molecule has 0 radical (unpaired) electrons. The minimum atomic E-state index is -2.37. The van der Waals surface area contributed by atoms with E-state index in [0.29, 0.717) is 6.54 Å². The molecule has 0 aliphatic carbocycles. The number of nitrogens with zero attached hydrogens (tertiary/aromatic N) is 1. The SMILES string of the molecule is O=C=NCCCCCCCCCCCCCCCCCCCCCCCCCCCCCCCCCCC[Si](Cl)(Cl)Cl. The highest BCUT2D eigenvalue weighted by molar-refractivity contribution is 7.64. The lowest BCUT2D eigenvalue weighted by molar-refractivity contribution is 0.511. The van der Waals surface area contributed by atoms with Gasteiger partial charge in [0.1, 0.15) is 0 Å². The Morgan fingerprint density at radius 3 is 0.714 bits per heavy atom. The number of unbranched alkanes of at least 4 members (excludes halogenated alkanes) is 32. The number of halogens is 3. The monoisotopic (exact) mass is 665 g/mol. The van der Waals surface area contributed by atoms with Gasteiger partial charge in [0.15, 0.2) is 0 Å². The van der Waals surface area contributed by atoms with Crippen LogP contribution in [0.25, 0.3) is 0 Å². The summed E-state index contributed by atoms with van der Waals surface area (Å²) in [6, 6.07) is -1.55. The van der Waals surface area contributed by atoms with E-state index in [1.165, 1.54) is 199 Å². The maximum absolute atomic E-state index is 10.00. The van der Waals surface area contributed by atoms with E-state index in [1.807, 2.05) is 0 Å². The van der Waals surface area contributed by atoms with E-state index in [9.17, 15) is 4.79 Å². The summed E-state index contributed by atoms with van der Waals surface area (Å²) < 4.78 is 0. The maximum atomic E-state index is 10.00. The van der Waals surface area contributed by atoms with E-state index in [1.54, 1.807) is 6.08 Å². The molecular formula is C36H70Cl3NOSi. The molecule has 0 atom stereocenters. The van der Waals surface area contributed by atoms with Crippen LogP contribution in [0.3, 0.4) is 0 Å². The largest absolute Gasteiger partial charge is 0.341 e. The van der Waals surface area contributed by atoms with Crippen molar-refractivity contribution >= 4 is 45.3 Å². The van der Waals surface area contributed by atoms with Crippen molar-refractivity contribution in [2.45, 2.75) is 218 Å². The molecule has 0 aromatic heterocycles. The molecule has 0 aromatic rings. The smallest absolute Gasteiger partial charge is 0.211 e. The lowest BCUT2D eigenvalue weighted by Crippen LogP contribution is -2.07. The molecule has 0 aliphatic rings. The van der Waals surface area contributed by atoms with Crippen LogP contribution >= 0.6 is 33.2 Å². The molecule has 0 bridgehead atoms. The van der Waals surface area contributed by atoms with Crippen LogP contribution in [0, 0.1) is 0 Å². The first-order valence-corrected chi connectivity index (χ1v) is 23.9. The average molecular weight is 667 g/mol. The third-order valence-electron chi connectivity index (χ3n) is 8.79. The number of hydrogen-bond acceptors (Lipinski definition) is 2. The average Bonchev–Trinajstić information content (AvgIpc) is 2.96. The molecule has 0 spiro atoms. The molecule has 0 aromatic carbocycles. The van der Waals surface area contributed by atoms with Gasteiger partial charge in [0.05, 0.1) is 6.54 Å². The zero-order chi connectivity index (χ0) is 30.7. The fourth-order valence-corrected chi connectivity index (χ4v) is 7.90. The van der Waals surface area contributed by atoms with E-state index in [2.05, 4.69) is 4.99 Å². The first-order valence-electron chi connectivity index (χ1n) is 18.7. The topological polar surface area (TPSA) is 29.4 Å². The van der Waals surface area contributed by atoms with E-state index < -0.39 is 6.00 Å². The van der Waals surface area contributed by atoms with E-state index in [-0.39, 0.29) is 0 Å². The fourth-order valence-electron chi connectivity index (χ4n) is 6.04. The second-order valence-corrected chi connectivity index (χ2v) is 22.3. The summed E-state index contributed by atoms with van der Waals surface area (Å²) in [5, 5.41) is 0. The summed E-state index contributed by atoms with van der Waals surface area (Å²) in [6.07, 6.45) is 47.5. The van der Waals surface area contributed by atoms with Gasteiger partial charge in [0.25, 0.3) is 0 Å². The van der Waals surface area contributed by atoms with Crippen LogP contribution in [0.2, 0.25) is 6.04 Å². The van der Waals surface area contributed by atoms with Gasteiger partial charge in [-0.3, -0.25) is 0 Å². The second-order valence-electron chi connectivity index (χ2n) is 13.0. The Balaban J connectivity index is 3.06. The van der Waals surface area contributed by atoms with Gasteiger partial charge in [-0.25, -0.2) is 9.79 Å². The summed E-state index contributed by atoms with van der Waals surface area (Å²) in [7, 11) is 0. The molecule has 0 fully saturated rings. The lowest BCUT2D eigenvalue weighted by Gasteiger charge is -2.07. The Hall–Kier alpha value is 0.467. The predicted octanol–water partition coefficient (Wildman–Crippen LogP) is 14.9. The molecule has 0 unspecified atom stereocenters. The van der Waals surface area contributed by atoms with Gasteiger partial charge in [0.2, 0.25) is 6.08 Å². The van der Waals surface area contributed by atoms with Crippen LogP contribution in [-0.2, 0) is 4.79 Å². The fraction of sp³-hybridized carbons (Fsp3) is 0.972. The summed E-state index contributed by atoms with van der Waals surface area (Å²) in [6.45, 7) is 0.665. The Bertz CT molecular complexity index is 566. The van der Waals surface area contributed by atoms with E-state index >= 15 is 0 Å². The third-order valence-corrected chi connectivity index (χ3v) is 11.4. The molecule has 0 saturated carbocycles. The Morgan fingerprint density at radius 2 is 0.524 bits per heavy atom. The van der Waals surface area contributed by atoms with E-state index in [0.717, 1.165) is 18.9 Å². The molecule has 42 heavy (non-hydrogen) atoms. The molecule has 0 rings (SSSR count). The Morgan fingerprint density at radius 1 is 0.333 bits per heavy atom. The van der Waals surface area contributed by atoms with Crippen molar-refractivity contribution < 1.29 is 4.79 Å². The van der Waals surface area contributed by atoms with Crippen LogP contribution in [-0.4, -0.2) is 18.6 Å².